The highest BCUT2D eigenvalue weighted by atomic mass is 16.6. The first-order valence-corrected chi connectivity index (χ1v) is 5.34. The van der Waals surface area contributed by atoms with Crippen LogP contribution in [0.25, 0.3) is 0 Å². The summed E-state index contributed by atoms with van der Waals surface area (Å²) in [4.78, 5) is 10.8. The largest absolute Gasteiger partial charge is 0.446 e. The Labute approximate surface area is 85.0 Å². The molecule has 0 heterocycles. The van der Waals surface area contributed by atoms with Gasteiger partial charge in [-0.15, -0.1) is 0 Å². The molecule has 14 heavy (non-hydrogen) atoms. The Morgan fingerprint density at radius 2 is 2.07 bits per heavy atom. The standard InChI is InChI=1S/C11H19NO2/c1-10(2)7-4-5-11(10,3)8(6-7)14-9(12)13/h7-8H,4-6H2,1-3H3,(H2,12,13)/t7-,8-,11+/m0/s1. The van der Waals surface area contributed by atoms with Gasteiger partial charge in [-0.3, -0.25) is 0 Å². The number of ether oxygens (including phenoxy) is 1. The van der Waals surface area contributed by atoms with Crippen LogP contribution in [0.5, 0.6) is 0 Å². The summed E-state index contributed by atoms with van der Waals surface area (Å²) < 4.78 is 5.22. The molecular formula is C11H19NO2. The van der Waals surface area contributed by atoms with Crippen LogP contribution in [-0.2, 0) is 4.74 Å². The fraction of sp³-hybridized carbons (Fsp3) is 0.909. The van der Waals surface area contributed by atoms with Crippen LogP contribution >= 0.6 is 0 Å². The molecule has 2 bridgehead atoms. The molecular weight excluding hydrogens is 178 g/mol. The van der Waals surface area contributed by atoms with Gasteiger partial charge in [0.2, 0.25) is 0 Å². The summed E-state index contributed by atoms with van der Waals surface area (Å²) in [6, 6.07) is 0. The Bertz CT molecular complexity index is 274. The molecule has 0 spiro atoms. The predicted molar refractivity (Wildman–Crippen MR) is 53.7 cm³/mol. The van der Waals surface area contributed by atoms with Crippen molar-refractivity contribution in [1.29, 1.82) is 0 Å². The van der Waals surface area contributed by atoms with Crippen LogP contribution in [0.15, 0.2) is 0 Å². The monoisotopic (exact) mass is 197 g/mol. The van der Waals surface area contributed by atoms with Crippen molar-refractivity contribution in [2.45, 2.75) is 46.1 Å². The van der Waals surface area contributed by atoms with Gasteiger partial charge >= 0.3 is 6.09 Å². The van der Waals surface area contributed by atoms with Crippen molar-refractivity contribution in [3.63, 3.8) is 0 Å². The summed E-state index contributed by atoms with van der Waals surface area (Å²) in [5.74, 6) is 0.692. The molecule has 0 aliphatic heterocycles. The van der Waals surface area contributed by atoms with E-state index in [1.165, 1.54) is 6.42 Å². The van der Waals surface area contributed by atoms with Gasteiger partial charge < -0.3 is 10.5 Å². The topological polar surface area (TPSA) is 52.3 Å². The lowest BCUT2D eigenvalue weighted by molar-refractivity contribution is -0.000432. The van der Waals surface area contributed by atoms with E-state index in [1.807, 2.05) is 0 Å². The summed E-state index contributed by atoms with van der Waals surface area (Å²) in [6.07, 6.45) is 2.82. The minimum atomic E-state index is -0.625. The zero-order valence-electron chi connectivity index (χ0n) is 9.17. The van der Waals surface area contributed by atoms with Gasteiger partial charge in [-0.05, 0) is 30.6 Å². The van der Waals surface area contributed by atoms with Crippen molar-refractivity contribution in [3.8, 4) is 0 Å². The Balaban J connectivity index is 2.23. The summed E-state index contributed by atoms with van der Waals surface area (Å²) in [7, 11) is 0. The molecule has 0 aromatic carbocycles. The number of carbonyl (C=O) groups excluding carboxylic acids is 1. The van der Waals surface area contributed by atoms with Crippen LogP contribution in [0, 0.1) is 16.7 Å². The van der Waals surface area contributed by atoms with E-state index in [9.17, 15) is 4.79 Å². The maximum Gasteiger partial charge on any atom is 0.404 e. The molecule has 3 atom stereocenters. The molecule has 2 aliphatic rings. The van der Waals surface area contributed by atoms with Gasteiger partial charge in [-0.25, -0.2) is 4.79 Å². The number of hydrogen-bond acceptors (Lipinski definition) is 2. The molecule has 1 amide bonds. The first-order valence-electron chi connectivity index (χ1n) is 5.34. The quantitative estimate of drug-likeness (QED) is 0.701. The minimum absolute atomic E-state index is 0.0359. The molecule has 2 aliphatic carbocycles. The van der Waals surface area contributed by atoms with Gasteiger partial charge in [-0.2, -0.15) is 0 Å². The Morgan fingerprint density at radius 3 is 2.43 bits per heavy atom. The smallest absolute Gasteiger partial charge is 0.404 e. The van der Waals surface area contributed by atoms with Crippen molar-refractivity contribution in [2.75, 3.05) is 0 Å². The highest BCUT2D eigenvalue weighted by Crippen LogP contribution is 2.66. The molecule has 0 aromatic heterocycles. The number of fused-ring (bicyclic) bond motifs is 2. The maximum atomic E-state index is 10.8. The molecule has 3 nitrogen and oxygen atoms in total. The summed E-state index contributed by atoms with van der Waals surface area (Å²) >= 11 is 0. The highest BCUT2D eigenvalue weighted by Gasteiger charge is 2.62. The van der Waals surface area contributed by atoms with Crippen LogP contribution < -0.4 is 5.73 Å². The fourth-order valence-electron chi connectivity index (χ4n) is 3.45. The van der Waals surface area contributed by atoms with E-state index in [0.717, 1.165) is 12.8 Å². The summed E-state index contributed by atoms with van der Waals surface area (Å²) in [5.41, 5.74) is 5.51. The molecule has 80 valence electrons. The summed E-state index contributed by atoms with van der Waals surface area (Å²) in [5, 5.41) is 0. The molecule has 3 heteroatoms. The molecule has 0 unspecified atom stereocenters. The van der Waals surface area contributed by atoms with Crippen molar-refractivity contribution in [2.24, 2.45) is 22.5 Å². The second kappa shape index (κ2) is 2.65. The first-order chi connectivity index (χ1) is 6.38. The summed E-state index contributed by atoms with van der Waals surface area (Å²) in [6.45, 7) is 6.80. The third-order valence-electron chi connectivity index (χ3n) is 4.97. The van der Waals surface area contributed by atoms with Gasteiger partial charge in [-0.1, -0.05) is 20.8 Å². The van der Waals surface area contributed by atoms with Crippen LogP contribution in [0.2, 0.25) is 0 Å². The zero-order chi connectivity index (χ0) is 10.6. The Hall–Kier alpha value is -0.730. The predicted octanol–water partition coefficient (Wildman–Crippen LogP) is 2.30. The van der Waals surface area contributed by atoms with Crippen LogP contribution in [0.4, 0.5) is 4.79 Å². The van der Waals surface area contributed by atoms with Gasteiger partial charge in [0.15, 0.2) is 0 Å². The fourth-order valence-corrected chi connectivity index (χ4v) is 3.45. The Kier molecular flexibility index (Phi) is 1.85. The number of amides is 1. The van der Waals surface area contributed by atoms with Crippen molar-refractivity contribution in [3.05, 3.63) is 0 Å². The lowest BCUT2D eigenvalue weighted by Crippen LogP contribution is -2.39. The Morgan fingerprint density at radius 1 is 1.43 bits per heavy atom. The second-order valence-corrected chi connectivity index (χ2v) is 5.54. The average molecular weight is 197 g/mol. The van der Waals surface area contributed by atoms with E-state index in [2.05, 4.69) is 20.8 Å². The minimum Gasteiger partial charge on any atom is -0.446 e. The van der Waals surface area contributed by atoms with E-state index >= 15 is 0 Å². The first kappa shape index (κ1) is 9.81. The number of hydrogen-bond donors (Lipinski definition) is 1. The second-order valence-electron chi connectivity index (χ2n) is 5.54. The van der Waals surface area contributed by atoms with E-state index in [-0.39, 0.29) is 16.9 Å². The third-order valence-corrected chi connectivity index (χ3v) is 4.97. The van der Waals surface area contributed by atoms with Gasteiger partial charge in [0.1, 0.15) is 6.10 Å². The average Bonchev–Trinajstić information content (AvgIpc) is 2.35. The highest BCUT2D eigenvalue weighted by molar-refractivity contribution is 5.65. The van der Waals surface area contributed by atoms with Crippen molar-refractivity contribution in [1.82, 2.24) is 0 Å². The third kappa shape index (κ3) is 1.01. The van der Waals surface area contributed by atoms with Gasteiger partial charge in [0, 0.05) is 5.41 Å². The van der Waals surface area contributed by atoms with E-state index < -0.39 is 6.09 Å². The lowest BCUT2D eigenvalue weighted by Gasteiger charge is -2.38. The molecule has 0 radical (unpaired) electrons. The number of rotatable bonds is 1. The molecule has 0 saturated heterocycles. The molecule has 2 saturated carbocycles. The number of carbonyl (C=O) groups is 1. The van der Waals surface area contributed by atoms with Crippen molar-refractivity contribution < 1.29 is 9.53 Å². The lowest BCUT2D eigenvalue weighted by atomic mass is 9.70. The zero-order valence-corrected chi connectivity index (χ0v) is 9.17. The van der Waals surface area contributed by atoms with E-state index in [1.54, 1.807) is 0 Å². The molecule has 2 fully saturated rings. The molecule has 2 rings (SSSR count). The van der Waals surface area contributed by atoms with Crippen LogP contribution in [0.3, 0.4) is 0 Å². The van der Waals surface area contributed by atoms with Crippen LogP contribution in [0.1, 0.15) is 40.0 Å². The normalized spacial score (nSPS) is 43.9. The number of nitrogens with two attached hydrogens (primary N) is 1. The van der Waals surface area contributed by atoms with Crippen LogP contribution in [-0.4, -0.2) is 12.2 Å². The van der Waals surface area contributed by atoms with E-state index in [4.69, 9.17) is 10.5 Å². The SMILES string of the molecule is CC1(C)[C@H]2CC[C@]1(C)[C@@H](OC(N)=O)C2. The number of primary amides is 1. The maximum absolute atomic E-state index is 10.8. The van der Waals surface area contributed by atoms with Gasteiger partial charge in [0.05, 0.1) is 0 Å². The molecule has 2 N–H and O–H groups in total. The molecule has 0 aromatic rings. The van der Waals surface area contributed by atoms with Gasteiger partial charge in [0.25, 0.3) is 0 Å². The van der Waals surface area contributed by atoms with Crippen molar-refractivity contribution >= 4 is 6.09 Å². The van der Waals surface area contributed by atoms with E-state index in [0.29, 0.717) is 5.92 Å².